The number of aryl methyl sites for hydroxylation is 1. The van der Waals surface area contributed by atoms with E-state index in [0.717, 1.165) is 34.6 Å². The van der Waals surface area contributed by atoms with Crippen molar-refractivity contribution in [2.45, 2.75) is 39.7 Å². The van der Waals surface area contributed by atoms with Crippen molar-refractivity contribution in [3.63, 3.8) is 0 Å². The number of amides is 2. The zero-order chi connectivity index (χ0) is 20.4. The molecule has 3 heterocycles. The lowest BCUT2D eigenvalue weighted by atomic mass is 9.94. The van der Waals surface area contributed by atoms with Crippen LogP contribution in [-0.2, 0) is 0 Å². The van der Waals surface area contributed by atoms with Gasteiger partial charge in [-0.2, -0.15) is 4.98 Å². The number of carbonyl (C=O) groups excluding carboxylic acids is 1. The normalized spacial score (nSPS) is 17.0. The molecule has 0 saturated heterocycles. The number of hydrogen-bond acceptors (Lipinski definition) is 5. The van der Waals surface area contributed by atoms with Crippen LogP contribution in [0.4, 0.5) is 4.79 Å². The predicted octanol–water partition coefficient (Wildman–Crippen LogP) is 5.40. The van der Waals surface area contributed by atoms with Gasteiger partial charge >= 0.3 is 6.03 Å². The molecule has 6 nitrogen and oxygen atoms in total. The summed E-state index contributed by atoms with van der Waals surface area (Å²) in [7, 11) is 0. The molecule has 1 N–H and O–H groups in total. The Morgan fingerprint density at radius 3 is 2.69 bits per heavy atom. The second kappa shape index (κ2) is 8.21. The van der Waals surface area contributed by atoms with E-state index < -0.39 is 0 Å². The van der Waals surface area contributed by atoms with E-state index in [1.807, 2.05) is 55.6 Å². The van der Waals surface area contributed by atoms with E-state index in [9.17, 15) is 4.79 Å². The van der Waals surface area contributed by atoms with E-state index in [2.05, 4.69) is 22.4 Å². The van der Waals surface area contributed by atoms with E-state index in [4.69, 9.17) is 4.52 Å². The van der Waals surface area contributed by atoms with E-state index in [1.54, 1.807) is 16.2 Å². The van der Waals surface area contributed by atoms with Gasteiger partial charge in [0.2, 0.25) is 5.82 Å². The first kappa shape index (κ1) is 19.4. The predicted molar refractivity (Wildman–Crippen MR) is 114 cm³/mol. The van der Waals surface area contributed by atoms with Crippen molar-refractivity contribution in [2.24, 2.45) is 0 Å². The Kier molecular flexibility index (Phi) is 5.49. The highest BCUT2D eigenvalue weighted by atomic mass is 32.1. The number of benzene rings is 1. The number of hydrogen-bond donors (Lipinski definition) is 1. The number of rotatable bonds is 6. The van der Waals surface area contributed by atoms with Crippen LogP contribution in [0.2, 0.25) is 0 Å². The van der Waals surface area contributed by atoms with E-state index in [1.165, 1.54) is 5.56 Å². The molecule has 7 heteroatoms. The van der Waals surface area contributed by atoms with Gasteiger partial charge in [-0.1, -0.05) is 54.4 Å². The highest BCUT2D eigenvalue weighted by Crippen LogP contribution is 2.37. The number of allylic oxidation sites excluding steroid dienone is 1. The van der Waals surface area contributed by atoms with Gasteiger partial charge in [0.25, 0.3) is 5.89 Å². The van der Waals surface area contributed by atoms with Crippen LogP contribution in [0.1, 0.15) is 49.7 Å². The maximum absolute atomic E-state index is 12.8. The number of thiophene rings is 1. The van der Waals surface area contributed by atoms with E-state index >= 15 is 0 Å². The summed E-state index contributed by atoms with van der Waals surface area (Å²) in [5.74, 6) is 1.01. The van der Waals surface area contributed by atoms with Crippen LogP contribution in [0.3, 0.4) is 0 Å². The third-order valence-electron chi connectivity index (χ3n) is 5.14. The monoisotopic (exact) mass is 408 g/mol. The first-order valence-electron chi connectivity index (χ1n) is 9.81. The minimum absolute atomic E-state index is 0.0942. The number of urea groups is 1. The topological polar surface area (TPSA) is 71.3 Å². The molecule has 2 aromatic heterocycles. The molecule has 0 radical (unpaired) electrons. The van der Waals surface area contributed by atoms with Gasteiger partial charge in [0.1, 0.15) is 0 Å². The van der Waals surface area contributed by atoms with Gasteiger partial charge in [-0.25, -0.2) is 4.79 Å². The summed E-state index contributed by atoms with van der Waals surface area (Å²) < 4.78 is 5.67. The molecule has 1 aliphatic heterocycles. The number of carbonyl (C=O) groups is 1. The van der Waals surface area contributed by atoms with Crippen LogP contribution >= 0.6 is 11.3 Å². The molecule has 0 spiro atoms. The van der Waals surface area contributed by atoms with Gasteiger partial charge in [-0.3, -0.25) is 4.90 Å². The molecule has 0 aliphatic carbocycles. The third-order valence-corrected chi connectivity index (χ3v) is 6.01. The van der Waals surface area contributed by atoms with Crippen molar-refractivity contribution in [1.82, 2.24) is 20.4 Å². The van der Waals surface area contributed by atoms with Crippen LogP contribution in [0.5, 0.6) is 0 Å². The van der Waals surface area contributed by atoms with Crippen molar-refractivity contribution < 1.29 is 9.32 Å². The smallest absolute Gasteiger partial charge is 0.322 e. The molecule has 0 saturated carbocycles. The van der Waals surface area contributed by atoms with Crippen molar-refractivity contribution in [3.05, 3.63) is 64.5 Å². The summed E-state index contributed by atoms with van der Waals surface area (Å²) in [5, 5.41) is 9.30. The van der Waals surface area contributed by atoms with Crippen molar-refractivity contribution in [1.29, 1.82) is 0 Å². The first-order chi connectivity index (χ1) is 14.1. The molecule has 1 aromatic carbocycles. The molecule has 0 fully saturated rings. The Bertz CT molecular complexity index is 1020. The number of nitrogens with zero attached hydrogens (tertiary/aromatic N) is 3. The molecule has 2 amide bonds. The lowest BCUT2D eigenvalue weighted by molar-refractivity contribution is 0.204. The number of aromatic nitrogens is 2. The summed E-state index contributed by atoms with van der Waals surface area (Å²) in [6.45, 7) is 6.77. The van der Waals surface area contributed by atoms with Gasteiger partial charge in [-0.05, 0) is 37.3 Å². The van der Waals surface area contributed by atoms with Gasteiger partial charge < -0.3 is 9.84 Å². The van der Waals surface area contributed by atoms with Crippen LogP contribution in [0.25, 0.3) is 16.3 Å². The summed E-state index contributed by atoms with van der Waals surface area (Å²) in [6.07, 6.45) is 1.94. The Morgan fingerprint density at radius 2 is 2.00 bits per heavy atom. The van der Waals surface area contributed by atoms with Crippen molar-refractivity contribution in [2.75, 3.05) is 6.54 Å². The molecule has 1 aliphatic rings. The summed E-state index contributed by atoms with van der Waals surface area (Å²) in [4.78, 5) is 20.2. The fraction of sp³-hybridized carbons (Fsp3) is 0.318. The maximum atomic E-state index is 12.8. The zero-order valence-corrected chi connectivity index (χ0v) is 17.6. The van der Waals surface area contributed by atoms with E-state index in [0.29, 0.717) is 18.3 Å². The van der Waals surface area contributed by atoms with Crippen LogP contribution in [-0.4, -0.2) is 27.6 Å². The van der Waals surface area contributed by atoms with Gasteiger partial charge in [-0.15, -0.1) is 11.3 Å². The third kappa shape index (κ3) is 3.82. The highest BCUT2D eigenvalue weighted by molar-refractivity contribution is 7.13. The molecule has 0 bridgehead atoms. The largest absolute Gasteiger partial charge is 0.334 e. The van der Waals surface area contributed by atoms with E-state index in [-0.39, 0.29) is 12.1 Å². The maximum Gasteiger partial charge on any atom is 0.322 e. The van der Waals surface area contributed by atoms with Gasteiger partial charge in [0.05, 0.1) is 16.5 Å². The second-order valence-corrected chi connectivity index (χ2v) is 8.15. The van der Waals surface area contributed by atoms with Gasteiger partial charge in [0.15, 0.2) is 0 Å². The molecule has 3 aromatic rings. The van der Waals surface area contributed by atoms with Crippen molar-refractivity contribution >= 4 is 22.9 Å². The molecule has 1 atom stereocenters. The SMILES string of the molecule is CCCCN1C(=O)NC(c2ccc(C)cc2)C(c2nc(-c3cccs3)no2)=C1C. The van der Waals surface area contributed by atoms with Crippen LogP contribution in [0.15, 0.2) is 52.0 Å². The minimum atomic E-state index is -0.336. The molecular weight excluding hydrogens is 384 g/mol. The van der Waals surface area contributed by atoms with Crippen LogP contribution in [0, 0.1) is 6.92 Å². The Hall–Kier alpha value is -2.93. The quantitative estimate of drug-likeness (QED) is 0.592. The lowest BCUT2D eigenvalue weighted by Crippen LogP contribution is -2.46. The Morgan fingerprint density at radius 1 is 1.21 bits per heavy atom. The average molecular weight is 409 g/mol. The Balaban J connectivity index is 1.79. The van der Waals surface area contributed by atoms with Crippen molar-refractivity contribution in [3.8, 4) is 10.7 Å². The fourth-order valence-corrected chi connectivity index (χ4v) is 4.14. The molecular formula is C22H24N4O2S. The highest BCUT2D eigenvalue weighted by Gasteiger charge is 2.35. The van der Waals surface area contributed by atoms with Gasteiger partial charge in [0, 0.05) is 12.2 Å². The number of unbranched alkanes of at least 4 members (excludes halogenated alkanes) is 1. The molecule has 4 rings (SSSR count). The average Bonchev–Trinajstić information content (AvgIpc) is 3.40. The summed E-state index contributed by atoms with van der Waals surface area (Å²) in [6, 6.07) is 11.7. The Labute approximate surface area is 174 Å². The first-order valence-corrected chi connectivity index (χ1v) is 10.7. The number of nitrogens with one attached hydrogen (secondary N) is 1. The standard InChI is InChI=1S/C22H24N4O2S/c1-4-5-12-26-15(3)18(21-24-20(25-28-21)17-7-6-13-29-17)19(23-22(26)27)16-10-8-14(2)9-11-16/h6-11,13,19H,4-5,12H2,1-3H3,(H,23,27). The summed E-state index contributed by atoms with van der Waals surface area (Å²) >= 11 is 1.57. The zero-order valence-electron chi connectivity index (χ0n) is 16.8. The molecule has 1 unspecified atom stereocenters. The second-order valence-electron chi connectivity index (χ2n) is 7.20. The fourth-order valence-electron chi connectivity index (χ4n) is 3.49. The van der Waals surface area contributed by atoms with Crippen LogP contribution < -0.4 is 5.32 Å². The lowest BCUT2D eigenvalue weighted by Gasteiger charge is -2.35. The minimum Gasteiger partial charge on any atom is -0.334 e. The molecule has 150 valence electrons. The molecule has 29 heavy (non-hydrogen) atoms. The summed E-state index contributed by atoms with van der Waals surface area (Å²) in [5.41, 5.74) is 3.86.